The Morgan fingerprint density at radius 1 is 1.13 bits per heavy atom. The largest absolute Gasteiger partial charge is 0.279 e. The Balaban J connectivity index is 2.63. The van der Waals surface area contributed by atoms with Gasteiger partial charge < -0.3 is 0 Å². The lowest BCUT2D eigenvalue weighted by Crippen LogP contribution is -2.05. The molecule has 1 aliphatic rings. The zero-order chi connectivity index (χ0) is 10.6. The van der Waals surface area contributed by atoms with Crippen molar-refractivity contribution in [3.05, 3.63) is 34.8 Å². The lowest BCUT2D eigenvalue weighted by molar-refractivity contribution is 0.603. The summed E-state index contributed by atoms with van der Waals surface area (Å²) in [7, 11) is -3.35. The van der Waals surface area contributed by atoms with E-state index in [2.05, 4.69) is 20.7 Å². The second kappa shape index (κ2) is 2.74. The van der Waals surface area contributed by atoms with Crippen molar-refractivity contribution in [2.45, 2.75) is 4.90 Å². The predicted octanol–water partition coefficient (Wildman–Crippen LogP) is 2.72. The van der Waals surface area contributed by atoms with E-state index in [1.54, 1.807) is 18.2 Å². The minimum absolute atomic E-state index is 0.358. The molecule has 0 aliphatic carbocycles. The Bertz CT molecular complexity index is 679. The number of nitrogens with one attached hydrogen (secondary N) is 1. The molecule has 0 unspecified atom stereocenters. The van der Waals surface area contributed by atoms with Crippen molar-refractivity contribution >= 4 is 42.4 Å². The molecule has 15 heavy (non-hydrogen) atoms. The number of hydrogen-bond donors (Lipinski definition) is 1. The first-order chi connectivity index (χ1) is 7.09. The monoisotopic (exact) mass is 283 g/mol. The topological polar surface area (TPSA) is 46.2 Å². The summed E-state index contributed by atoms with van der Waals surface area (Å²) in [6.07, 6.45) is 0. The Hall–Kier alpha value is -1.07. The minimum Gasteiger partial charge on any atom is -0.279 e. The van der Waals surface area contributed by atoms with Crippen LogP contribution < -0.4 is 4.72 Å². The molecule has 0 fully saturated rings. The van der Waals surface area contributed by atoms with Gasteiger partial charge in [0.1, 0.15) is 0 Å². The van der Waals surface area contributed by atoms with E-state index in [0.29, 0.717) is 10.6 Å². The van der Waals surface area contributed by atoms with Gasteiger partial charge in [0.05, 0.1) is 10.6 Å². The number of sulfonamides is 1. The Labute approximate surface area is 95.3 Å². The Morgan fingerprint density at radius 3 is 2.73 bits per heavy atom. The molecule has 5 heteroatoms. The van der Waals surface area contributed by atoms with Crippen LogP contribution in [-0.4, -0.2) is 8.42 Å². The third kappa shape index (κ3) is 1.13. The molecule has 2 aromatic rings. The van der Waals surface area contributed by atoms with Gasteiger partial charge in [0, 0.05) is 9.86 Å². The van der Waals surface area contributed by atoms with Gasteiger partial charge in [-0.1, -0.05) is 28.1 Å². The molecule has 3 rings (SSSR count). The van der Waals surface area contributed by atoms with Crippen LogP contribution in [0, 0.1) is 0 Å². The molecule has 0 amide bonds. The molecular formula is C10H6BrNO2S. The van der Waals surface area contributed by atoms with Gasteiger partial charge in [-0.15, -0.1) is 0 Å². The van der Waals surface area contributed by atoms with Gasteiger partial charge >= 0.3 is 0 Å². The fourth-order valence-electron chi connectivity index (χ4n) is 1.85. The molecule has 0 atom stereocenters. The van der Waals surface area contributed by atoms with Crippen LogP contribution in [0.25, 0.3) is 10.8 Å². The summed E-state index contributed by atoms with van der Waals surface area (Å²) < 4.78 is 26.9. The van der Waals surface area contributed by atoms with Crippen LogP contribution in [0.3, 0.4) is 0 Å². The lowest BCUT2D eigenvalue weighted by Gasteiger charge is -2.00. The quantitative estimate of drug-likeness (QED) is 0.808. The number of halogens is 1. The number of anilines is 1. The minimum atomic E-state index is -3.35. The van der Waals surface area contributed by atoms with Gasteiger partial charge in [0.2, 0.25) is 0 Å². The zero-order valence-electron chi connectivity index (χ0n) is 7.49. The molecule has 0 aromatic heterocycles. The first-order valence-electron chi connectivity index (χ1n) is 4.34. The van der Waals surface area contributed by atoms with E-state index in [1.165, 1.54) is 0 Å². The maximum atomic E-state index is 11.7. The van der Waals surface area contributed by atoms with Crippen LogP contribution in [0.5, 0.6) is 0 Å². The molecule has 1 N–H and O–H groups in total. The molecule has 0 saturated carbocycles. The third-order valence-electron chi connectivity index (χ3n) is 2.48. The first-order valence-corrected chi connectivity index (χ1v) is 6.61. The summed E-state index contributed by atoms with van der Waals surface area (Å²) >= 11 is 3.41. The molecule has 3 nitrogen and oxygen atoms in total. The van der Waals surface area contributed by atoms with E-state index in [9.17, 15) is 8.42 Å². The SMILES string of the molecule is O=S1(=O)Nc2ccc(Br)c3cccc1c23. The molecule has 0 saturated heterocycles. The van der Waals surface area contributed by atoms with Gasteiger partial charge in [-0.25, -0.2) is 8.42 Å². The summed E-state index contributed by atoms with van der Waals surface area (Å²) in [6, 6.07) is 8.87. The van der Waals surface area contributed by atoms with Crippen molar-refractivity contribution in [1.82, 2.24) is 0 Å². The van der Waals surface area contributed by atoms with Crippen LogP contribution in [0.2, 0.25) is 0 Å². The Kier molecular flexibility index (Phi) is 1.67. The Morgan fingerprint density at radius 2 is 1.93 bits per heavy atom. The van der Waals surface area contributed by atoms with Gasteiger partial charge in [0.25, 0.3) is 10.0 Å². The average Bonchev–Trinajstić information content (AvgIpc) is 2.47. The van der Waals surface area contributed by atoms with Crippen molar-refractivity contribution < 1.29 is 8.42 Å². The van der Waals surface area contributed by atoms with Crippen molar-refractivity contribution in [1.29, 1.82) is 0 Å². The number of hydrogen-bond acceptors (Lipinski definition) is 2. The highest BCUT2D eigenvalue weighted by atomic mass is 79.9. The maximum absolute atomic E-state index is 11.7. The van der Waals surface area contributed by atoms with Gasteiger partial charge in [-0.3, -0.25) is 4.72 Å². The van der Waals surface area contributed by atoms with E-state index >= 15 is 0 Å². The van der Waals surface area contributed by atoms with E-state index in [4.69, 9.17) is 0 Å². The van der Waals surface area contributed by atoms with E-state index in [0.717, 1.165) is 15.2 Å². The third-order valence-corrected chi connectivity index (χ3v) is 4.58. The zero-order valence-corrected chi connectivity index (χ0v) is 9.89. The molecular weight excluding hydrogens is 278 g/mol. The lowest BCUT2D eigenvalue weighted by atomic mass is 10.1. The van der Waals surface area contributed by atoms with Crippen molar-refractivity contribution in [2.75, 3.05) is 4.72 Å². The van der Waals surface area contributed by atoms with Gasteiger partial charge in [-0.05, 0) is 23.6 Å². The fraction of sp³-hybridized carbons (Fsp3) is 0. The molecule has 0 radical (unpaired) electrons. The molecule has 2 aromatic carbocycles. The van der Waals surface area contributed by atoms with E-state index in [1.807, 2.05) is 12.1 Å². The van der Waals surface area contributed by atoms with Crippen LogP contribution in [-0.2, 0) is 10.0 Å². The summed E-state index contributed by atoms with van der Waals surface area (Å²) in [5.41, 5.74) is 0.656. The number of benzene rings is 2. The van der Waals surface area contributed by atoms with Gasteiger partial charge in [-0.2, -0.15) is 0 Å². The van der Waals surface area contributed by atoms with E-state index < -0.39 is 10.0 Å². The van der Waals surface area contributed by atoms with Crippen molar-refractivity contribution in [3.63, 3.8) is 0 Å². The normalized spacial score (nSPS) is 16.6. The van der Waals surface area contributed by atoms with Crippen LogP contribution in [0.15, 0.2) is 39.7 Å². The summed E-state index contributed by atoms with van der Waals surface area (Å²) in [6.45, 7) is 0. The van der Waals surface area contributed by atoms with E-state index in [-0.39, 0.29) is 0 Å². The molecule has 0 bridgehead atoms. The summed E-state index contributed by atoms with van der Waals surface area (Å²) in [4.78, 5) is 0.358. The second-order valence-electron chi connectivity index (χ2n) is 3.38. The molecule has 1 aliphatic heterocycles. The fourth-order valence-corrected chi connectivity index (χ4v) is 3.62. The molecule has 76 valence electrons. The highest BCUT2D eigenvalue weighted by molar-refractivity contribution is 9.10. The van der Waals surface area contributed by atoms with Crippen molar-refractivity contribution in [3.8, 4) is 0 Å². The summed E-state index contributed by atoms with van der Waals surface area (Å²) in [5, 5.41) is 1.69. The average molecular weight is 284 g/mol. The highest BCUT2D eigenvalue weighted by Crippen LogP contribution is 2.40. The standard InChI is InChI=1S/C10H6BrNO2S/c11-7-4-5-8-10-6(7)2-1-3-9(10)15(13,14)12-8/h1-5,12H. The van der Waals surface area contributed by atoms with Crippen LogP contribution >= 0.6 is 15.9 Å². The van der Waals surface area contributed by atoms with Gasteiger partial charge in [0.15, 0.2) is 0 Å². The number of rotatable bonds is 0. The first kappa shape index (κ1) is 9.18. The van der Waals surface area contributed by atoms with Crippen LogP contribution in [0.4, 0.5) is 5.69 Å². The second-order valence-corrected chi connectivity index (χ2v) is 5.88. The van der Waals surface area contributed by atoms with Crippen LogP contribution in [0.1, 0.15) is 0 Å². The molecule has 1 heterocycles. The van der Waals surface area contributed by atoms with Crippen molar-refractivity contribution in [2.24, 2.45) is 0 Å². The highest BCUT2D eigenvalue weighted by Gasteiger charge is 2.27. The smallest absolute Gasteiger partial charge is 0.262 e. The maximum Gasteiger partial charge on any atom is 0.262 e. The molecule has 0 spiro atoms. The predicted molar refractivity (Wildman–Crippen MR) is 62.5 cm³/mol. The summed E-state index contributed by atoms with van der Waals surface area (Å²) in [5.74, 6) is 0.